The lowest BCUT2D eigenvalue weighted by Gasteiger charge is -2.23. The number of rotatable bonds is 3. The zero-order chi connectivity index (χ0) is 14.8. The van der Waals surface area contributed by atoms with E-state index in [-0.39, 0.29) is 5.56 Å². The number of H-pyrrole nitrogens is 1. The zero-order valence-electron chi connectivity index (χ0n) is 12.5. The number of hydrogen-bond donors (Lipinski definition) is 2. The van der Waals surface area contributed by atoms with Gasteiger partial charge in [0.15, 0.2) is 0 Å². The molecule has 0 radical (unpaired) electrons. The molecule has 0 unspecified atom stereocenters. The molecule has 0 spiro atoms. The van der Waals surface area contributed by atoms with Crippen molar-refractivity contribution in [3.8, 4) is 5.95 Å². The lowest BCUT2D eigenvalue weighted by Crippen LogP contribution is -2.24. The first-order valence-corrected chi connectivity index (χ1v) is 7.53. The molecule has 0 atom stereocenters. The Morgan fingerprint density at radius 1 is 1.19 bits per heavy atom. The Morgan fingerprint density at radius 2 is 1.95 bits per heavy atom. The summed E-state index contributed by atoms with van der Waals surface area (Å²) in [4.78, 5) is 18.8. The van der Waals surface area contributed by atoms with Crippen LogP contribution in [0.1, 0.15) is 43.5 Å². The van der Waals surface area contributed by atoms with Crippen molar-refractivity contribution in [2.75, 3.05) is 5.32 Å². The maximum Gasteiger partial charge on any atom is 0.252 e. The number of nitrogens with zero attached hydrogens (tertiary/aromatic N) is 3. The lowest BCUT2D eigenvalue weighted by atomic mass is 9.95. The fraction of sp³-hybridized carbons (Fsp3) is 0.533. The summed E-state index contributed by atoms with van der Waals surface area (Å²) in [6, 6.07) is 3.95. The Bertz CT molecular complexity index is 682. The van der Waals surface area contributed by atoms with Gasteiger partial charge in [-0.25, -0.2) is 4.98 Å². The van der Waals surface area contributed by atoms with Crippen LogP contribution in [0.15, 0.2) is 16.9 Å². The van der Waals surface area contributed by atoms with Crippen molar-refractivity contribution in [1.29, 1.82) is 0 Å². The van der Waals surface area contributed by atoms with Gasteiger partial charge in [0.2, 0.25) is 5.95 Å². The highest BCUT2D eigenvalue weighted by atomic mass is 16.1. The van der Waals surface area contributed by atoms with Gasteiger partial charge < -0.3 is 5.32 Å². The van der Waals surface area contributed by atoms with E-state index in [1.807, 2.05) is 19.9 Å². The standard InChI is InChI=1S/C15H21N5O/c1-10-9-14(21)18-15(16-10)20-13(8-11(2)19-20)17-12-6-4-3-5-7-12/h8-9,12,17H,3-7H2,1-2H3,(H,16,18,21). The van der Waals surface area contributed by atoms with Crippen LogP contribution in [-0.4, -0.2) is 25.8 Å². The third-order valence-corrected chi connectivity index (χ3v) is 3.85. The Kier molecular flexibility index (Phi) is 3.77. The van der Waals surface area contributed by atoms with Crippen LogP contribution in [0.2, 0.25) is 0 Å². The SMILES string of the molecule is Cc1cc(=O)[nH]c(-n2nc(C)cc2NC2CCCCC2)n1. The number of aromatic amines is 1. The smallest absolute Gasteiger partial charge is 0.252 e. The quantitative estimate of drug-likeness (QED) is 0.908. The minimum atomic E-state index is -0.158. The molecule has 3 rings (SSSR count). The first-order valence-electron chi connectivity index (χ1n) is 7.53. The first kappa shape index (κ1) is 13.9. The molecule has 2 aromatic heterocycles. The fourth-order valence-corrected chi connectivity index (χ4v) is 2.88. The van der Waals surface area contributed by atoms with Crippen LogP contribution >= 0.6 is 0 Å². The molecule has 0 aliphatic heterocycles. The molecular weight excluding hydrogens is 266 g/mol. The summed E-state index contributed by atoms with van der Waals surface area (Å²) in [5.41, 5.74) is 1.43. The number of nitrogens with one attached hydrogen (secondary N) is 2. The Hall–Kier alpha value is -2.11. The van der Waals surface area contributed by atoms with Gasteiger partial charge >= 0.3 is 0 Å². The lowest BCUT2D eigenvalue weighted by molar-refractivity contribution is 0.460. The fourth-order valence-electron chi connectivity index (χ4n) is 2.88. The first-order chi connectivity index (χ1) is 10.1. The molecular formula is C15H21N5O. The number of hydrogen-bond acceptors (Lipinski definition) is 4. The van der Waals surface area contributed by atoms with Crippen molar-refractivity contribution in [2.45, 2.75) is 52.0 Å². The minimum absolute atomic E-state index is 0.158. The van der Waals surface area contributed by atoms with Crippen LogP contribution in [0.5, 0.6) is 0 Å². The van der Waals surface area contributed by atoms with Crippen molar-refractivity contribution in [1.82, 2.24) is 19.7 Å². The minimum Gasteiger partial charge on any atom is -0.367 e. The van der Waals surface area contributed by atoms with Crippen molar-refractivity contribution >= 4 is 5.82 Å². The van der Waals surface area contributed by atoms with Crippen LogP contribution < -0.4 is 10.9 Å². The van der Waals surface area contributed by atoms with E-state index in [4.69, 9.17) is 0 Å². The van der Waals surface area contributed by atoms with Gasteiger partial charge in [0.25, 0.3) is 5.56 Å². The molecule has 1 aliphatic rings. The summed E-state index contributed by atoms with van der Waals surface area (Å²) in [6.45, 7) is 3.75. The molecule has 112 valence electrons. The van der Waals surface area contributed by atoms with Crippen molar-refractivity contribution in [3.63, 3.8) is 0 Å². The largest absolute Gasteiger partial charge is 0.367 e. The average molecular weight is 287 g/mol. The molecule has 0 bridgehead atoms. The van der Waals surface area contributed by atoms with Crippen molar-refractivity contribution < 1.29 is 0 Å². The zero-order valence-corrected chi connectivity index (χ0v) is 12.5. The Morgan fingerprint density at radius 3 is 2.67 bits per heavy atom. The number of aryl methyl sites for hydroxylation is 2. The predicted molar refractivity (Wildman–Crippen MR) is 81.9 cm³/mol. The maximum atomic E-state index is 11.6. The van der Waals surface area contributed by atoms with Gasteiger partial charge in [-0.3, -0.25) is 9.78 Å². The molecule has 21 heavy (non-hydrogen) atoms. The van der Waals surface area contributed by atoms with Crippen LogP contribution in [0, 0.1) is 13.8 Å². The van der Waals surface area contributed by atoms with E-state index in [1.54, 1.807) is 4.68 Å². The summed E-state index contributed by atoms with van der Waals surface area (Å²) < 4.78 is 1.69. The van der Waals surface area contributed by atoms with Gasteiger partial charge in [-0.05, 0) is 26.7 Å². The molecule has 2 N–H and O–H groups in total. The van der Waals surface area contributed by atoms with Crippen molar-refractivity contribution in [3.05, 3.63) is 33.9 Å². The number of anilines is 1. The monoisotopic (exact) mass is 287 g/mol. The van der Waals surface area contributed by atoms with Crippen LogP contribution in [0.4, 0.5) is 5.82 Å². The molecule has 2 aromatic rings. The third-order valence-electron chi connectivity index (χ3n) is 3.85. The van der Waals surface area contributed by atoms with E-state index < -0.39 is 0 Å². The van der Waals surface area contributed by atoms with Crippen LogP contribution in [0.3, 0.4) is 0 Å². The van der Waals surface area contributed by atoms with Crippen molar-refractivity contribution in [2.24, 2.45) is 0 Å². The van der Waals surface area contributed by atoms with Gasteiger partial charge in [0, 0.05) is 23.9 Å². The van der Waals surface area contributed by atoms with Gasteiger partial charge in [-0.1, -0.05) is 19.3 Å². The second-order valence-corrected chi connectivity index (χ2v) is 5.77. The van der Waals surface area contributed by atoms with Gasteiger partial charge in [0.05, 0.1) is 5.69 Å². The Labute approximate surface area is 123 Å². The normalized spacial score (nSPS) is 16.1. The topological polar surface area (TPSA) is 75.6 Å². The van der Waals surface area contributed by atoms with E-state index in [0.717, 1.165) is 11.5 Å². The van der Waals surface area contributed by atoms with Crippen LogP contribution in [-0.2, 0) is 0 Å². The molecule has 6 nitrogen and oxygen atoms in total. The second kappa shape index (κ2) is 5.71. The van der Waals surface area contributed by atoms with E-state index in [0.29, 0.717) is 17.7 Å². The summed E-state index contributed by atoms with van der Waals surface area (Å²) >= 11 is 0. The number of aromatic nitrogens is 4. The second-order valence-electron chi connectivity index (χ2n) is 5.77. The van der Waals surface area contributed by atoms with E-state index >= 15 is 0 Å². The highest BCUT2D eigenvalue weighted by Crippen LogP contribution is 2.23. The molecule has 1 saturated carbocycles. The van der Waals surface area contributed by atoms with Gasteiger partial charge in [0.1, 0.15) is 5.82 Å². The summed E-state index contributed by atoms with van der Waals surface area (Å²) in [5, 5.41) is 8.00. The summed E-state index contributed by atoms with van der Waals surface area (Å²) in [6.07, 6.45) is 6.22. The molecule has 1 aliphatic carbocycles. The summed E-state index contributed by atoms with van der Waals surface area (Å²) in [5.74, 6) is 1.36. The maximum absolute atomic E-state index is 11.6. The highest BCUT2D eigenvalue weighted by molar-refractivity contribution is 5.42. The molecule has 0 aromatic carbocycles. The highest BCUT2D eigenvalue weighted by Gasteiger charge is 2.17. The molecule has 2 heterocycles. The molecule has 0 saturated heterocycles. The van der Waals surface area contributed by atoms with E-state index in [2.05, 4.69) is 20.4 Å². The molecule has 0 amide bonds. The van der Waals surface area contributed by atoms with E-state index in [9.17, 15) is 4.79 Å². The molecule has 6 heteroatoms. The third kappa shape index (κ3) is 3.15. The van der Waals surface area contributed by atoms with Gasteiger partial charge in [-0.2, -0.15) is 9.78 Å². The predicted octanol–water partition coefficient (Wildman–Crippen LogP) is 2.32. The average Bonchev–Trinajstić information content (AvgIpc) is 2.80. The van der Waals surface area contributed by atoms with Crippen LogP contribution in [0.25, 0.3) is 5.95 Å². The van der Waals surface area contributed by atoms with E-state index in [1.165, 1.54) is 38.2 Å². The molecule has 1 fully saturated rings. The summed E-state index contributed by atoms with van der Waals surface area (Å²) in [7, 11) is 0. The van der Waals surface area contributed by atoms with Gasteiger partial charge in [-0.15, -0.1) is 0 Å². The Balaban J connectivity index is 1.93.